The third-order valence-electron chi connectivity index (χ3n) is 2.24. The Kier molecular flexibility index (Phi) is 5.76. The monoisotopic (exact) mass is 232 g/mol. The molecule has 7 heteroatoms. The Bertz CT molecular complexity index is 260. The molecule has 94 valence electrons. The highest BCUT2D eigenvalue weighted by Crippen LogP contribution is 2.09. The van der Waals surface area contributed by atoms with Crippen LogP contribution in [-0.4, -0.2) is 55.3 Å². The lowest BCUT2D eigenvalue weighted by molar-refractivity contribution is -0.889. The molecule has 0 aromatic rings. The zero-order valence-corrected chi connectivity index (χ0v) is 9.93. The van der Waals surface area contributed by atoms with E-state index in [4.69, 9.17) is 10.9 Å². The van der Waals surface area contributed by atoms with Crippen molar-refractivity contribution < 1.29 is 19.6 Å². The maximum Gasteiger partial charge on any atom is 0.212 e. The third kappa shape index (κ3) is 5.52. The molecule has 0 aliphatic rings. The quantitative estimate of drug-likeness (QED) is 0.159. The van der Waals surface area contributed by atoms with E-state index in [2.05, 4.69) is 4.99 Å². The molecule has 16 heavy (non-hydrogen) atoms. The number of carboxylic acid groups (broad SMARTS) is 1. The topological polar surface area (TPSA) is 111 Å². The van der Waals surface area contributed by atoms with Crippen LogP contribution in [0.3, 0.4) is 0 Å². The van der Waals surface area contributed by atoms with Crippen LogP contribution in [0.25, 0.3) is 0 Å². The molecule has 0 fully saturated rings. The second-order valence-corrected chi connectivity index (χ2v) is 4.47. The summed E-state index contributed by atoms with van der Waals surface area (Å²) >= 11 is 0. The molecule has 0 aliphatic heterocycles. The maximum absolute atomic E-state index is 10.9. The van der Waals surface area contributed by atoms with E-state index in [1.807, 2.05) is 0 Å². The van der Waals surface area contributed by atoms with Crippen molar-refractivity contribution in [3.05, 3.63) is 0 Å². The average molecular weight is 232 g/mol. The van der Waals surface area contributed by atoms with Crippen molar-refractivity contribution in [2.24, 2.45) is 10.7 Å². The molecule has 1 atom stereocenters. The number of rotatable bonds is 6. The summed E-state index contributed by atoms with van der Waals surface area (Å²) in [6.45, 7) is 0.364. The molecule has 0 saturated heterocycles. The van der Waals surface area contributed by atoms with Crippen molar-refractivity contribution in [1.82, 2.24) is 5.48 Å². The highest BCUT2D eigenvalue weighted by Gasteiger charge is 2.24. The van der Waals surface area contributed by atoms with Gasteiger partial charge >= 0.3 is 0 Å². The van der Waals surface area contributed by atoms with Crippen molar-refractivity contribution in [1.29, 1.82) is 0 Å². The van der Waals surface area contributed by atoms with E-state index in [9.17, 15) is 9.90 Å². The first-order valence-electron chi connectivity index (χ1n) is 5.01. The highest BCUT2D eigenvalue weighted by atomic mass is 16.5. The first-order chi connectivity index (χ1) is 7.29. The van der Waals surface area contributed by atoms with Crippen LogP contribution < -0.4 is 16.3 Å². The van der Waals surface area contributed by atoms with E-state index >= 15 is 0 Å². The lowest BCUT2D eigenvalue weighted by atomic mass is 10.1. The van der Waals surface area contributed by atoms with E-state index in [0.29, 0.717) is 23.9 Å². The highest BCUT2D eigenvalue weighted by molar-refractivity contribution is 5.76. The smallest absolute Gasteiger partial charge is 0.212 e. The standard InChI is InChI=1S/C9H20N4O3/c1-13(2,3)7(8(14)15)5-4-6-11-9(10)12-16/h7H,4-6H2,1-3H3,(H4-,10,11,12,14,15,16)/t7-/m0/s1. The number of aliphatic carboxylic acids is 1. The van der Waals surface area contributed by atoms with Crippen LogP contribution in [0.15, 0.2) is 4.99 Å². The molecule has 0 aromatic carbocycles. The maximum atomic E-state index is 10.9. The first kappa shape index (κ1) is 14.7. The molecule has 0 aromatic heterocycles. The fourth-order valence-electron chi connectivity index (χ4n) is 1.34. The molecule has 0 rings (SSSR count). The van der Waals surface area contributed by atoms with Gasteiger partial charge in [-0.2, -0.15) is 0 Å². The van der Waals surface area contributed by atoms with Crippen LogP contribution in [-0.2, 0) is 4.79 Å². The number of nitrogens with one attached hydrogen (secondary N) is 1. The van der Waals surface area contributed by atoms with E-state index in [-0.39, 0.29) is 5.96 Å². The Labute approximate surface area is 95.1 Å². The number of guanidine groups is 1. The van der Waals surface area contributed by atoms with Gasteiger partial charge in [0.1, 0.15) is 6.04 Å². The van der Waals surface area contributed by atoms with Crippen LogP contribution >= 0.6 is 0 Å². The van der Waals surface area contributed by atoms with Crippen LogP contribution in [0.5, 0.6) is 0 Å². The van der Waals surface area contributed by atoms with Gasteiger partial charge in [0, 0.05) is 13.0 Å². The molecule has 4 N–H and O–H groups in total. The number of hydrogen-bond donors (Lipinski definition) is 3. The van der Waals surface area contributed by atoms with E-state index in [1.165, 1.54) is 0 Å². The molecular weight excluding hydrogens is 212 g/mol. The summed E-state index contributed by atoms with van der Waals surface area (Å²) in [4.78, 5) is 14.7. The van der Waals surface area contributed by atoms with E-state index in [0.717, 1.165) is 0 Å². The average Bonchev–Trinajstić information content (AvgIpc) is 2.14. The number of aliphatic imine (C=N–C) groups is 1. The number of carboxylic acids is 1. The second-order valence-electron chi connectivity index (χ2n) is 4.47. The third-order valence-corrected chi connectivity index (χ3v) is 2.24. The number of quaternary nitrogens is 1. The Morgan fingerprint density at radius 1 is 1.56 bits per heavy atom. The fraction of sp³-hybridized carbons (Fsp3) is 0.778. The minimum absolute atomic E-state index is 0.0738. The van der Waals surface area contributed by atoms with Crippen LogP contribution in [0.4, 0.5) is 0 Å². The zero-order chi connectivity index (χ0) is 12.8. The second kappa shape index (κ2) is 6.29. The Morgan fingerprint density at radius 3 is 2.50 bits per heavy atom. The summed E-state index contributed by atoms with van der Waals surface area (Å²) < 4.78 is 0.305. The Hall–Kier alpha value is -1.34. The van der Waals surface area contributed by atoms with E-state index < -0.39 is 12.0 Å². The lowest BCUT2D eigenvalue weighted by Gasteiger charge is -2.34. The van der Waals surface area contributed by atoms with Crippen molar-refractivity contribution in [3.63, 3.8) is 0 Å². The summed E-state index contributed by atoms with van der Waals surface area (Å²) in [6.07, 6.45) is 1.02. The number of carbonyl (C=O) groups excluding carboxylic acids is 1. The van der Waals surface area contributed by atoms with Gasteiger partial charge in [-0.25, -0.2) is 5.48 Å². The van der Waals surface area contributed by atoms with Gasteiger partial charge in [-0.05, 0) is 6.42 Å². The Morgan fingerprint density at radius 2 is 2.12 bits per heavy atom. The fourth-order valence-corrected chi connectivity index (χ4v) is 1.34. The first-order valence-corrected chi connectivity index (χ1v) is 5.01. The molecule has 0 radical (unpaired) electrons. The van der Waals surface area contributed by atoms with Crippen molar-refractivity contribution in [3.8, 4) is 0 Å². The van der Waals surface area contributed by atoms with Gasteiger partial charge in [0.25, 0.3) is 0 Å². The van der Waals surface area contributed by atoms with Gasteiger partial charge < -0.3 is 20.1 Å². The number of carbonyl (C=O) groups is 1. The number of nitrogens with two attached hydrogens (primary N) is 1. The van der Waals surface area contributed by atoms with Crippen molar-refractivity contribution >= 4 is 11.9 Å². The summed E-state index contributed by atoms with van der Waals surface area (Å²) in [5.41, 5.74) is 6.89. The summed E-state index contributed by atoms with van der Waals surface area (Å²) in [6, 6.07) is -0.571. The van der Waals surface area contributed by atoms with Crippen molar-refractivity contribution in [2.45, 2.75) is 18.9 Å². The van der Waals surface area contributed by atoms with Gasteiger partial charge in [-0.3, -0.25) is 10.2 Å². The number of hydrogen-bond acceptors (Lipinski definition) is 4. The normalized spacial score (nSPS) is 14.6. The van der Waals surface area contributed by atoms with Crippen LogP contribution in [0.2, 0.25) is 0 Å². The molecule has 0 unspecified atom stereocenters. The number of nitrogens with zero attached hydrogens (tertiary/aromatic N) is 2. The van der Waals surface area contributed by atoms with Gasteiger partial charge in [-0.15, -0.1) is 0 Å². The van der Waals surface area contributed by atoms with Crippen molar-refractivity contribution in [2.75, 3.05) is 27.7 Å². The van der Waals surface area contributed by atoms with Gasteiger partial charge in [0.2, 0.25) is 5.96 Å². The zero-order valence-electron chi connectivity index (χ0n) is 9.93. The predicted octanol–water partition coefficient (Wildman–Crippen LogP) is -2.12. The summed E-state index contributed by atoms with van der Waals surface area (Å²) in [5.74, 6) is -1.14. The molecule has 0 saturated carbocycles. The lowest BCUT2D eigenvalue weighted by Crippen LogP contribution is -2.54. The summed E-state index contributed by atoms with van der Waals surface area (Å²) in [5, 5.41) is 19.2. The minimum atomic E-state index is -1.07. The molecule has 7 nitrogen and oxygen atoms in total. The van der Waals surface area contributed by atoms with Crippen LogP contribution in [0.1, 0.15) is 12.8 Å². The minimum Gasteiger partial charge on any atom is -0.544 e. The molecule has 0 spiro atoms. The number of likely N-dealkylation sites (N-methyl/N-ethyl adjacent to an activating group) is 1. The number of hydroxylamine groups is 1. The molecule has 0 aliphatic carbocycles. The molecule has 0 heterocycles. The predicted molar refractivity (Wildman–Crippen MR) is 57.5 cm³/mol. The molecule has 0 bridgehead atoms. The largest absolute Gasteiger partial charge is 0.544 e. The van der Waals surface area contributed by atoms with E-state index in [1.54, 1.807) is 26.6 Å². The van der Waals surface area contributed by atoms with Gasteiger partial charge in [0.05, 0.1) is 27.1 Å². The van der Waals surface area contributed by atoms with Gasteiger partial charge in [-0.1, -0.05) is 0 Å². The summed E-state index contributed by atoms with van der Waals surface area (Å²) in [7, 11) is 5.40. The Balaban J connectivity index is 4.11. The van der Waals surface area contributed by atoms with Gasteiger partial charge in [0.15, 0.2) is 0 Å². The van der Waals surface area contributed by atoms with Crippen LogP contribution in [0, 0.1) is 0 Å². The molecule has 0 amide bonds. The SMILES string of the molecule is C[N+](C)(C)[C@@H](CCCN=C(N)NO)C(=O)[O-]. The molecular formula is C9H20N4O3.